The van der Waals surface area contributed by atoms with E-state index in [4.69, 9.17) is 5.73 Å². The van der Waals surface area contributed by atoms with Gasteiger partial charge in [0.15, 0.2) is 0 Å². The number of hydrogen-bond donors (Lipinski definition) is 1. The Morgan fingerprint density at radius 2 is 2.00 bits per heavy atom. The van der Waals surface area contributed by atoms with Crippen molar-refractivity contribution in [3.8, 4) is 0 Å². The number of nitrogens with two attached hydrogens (primary N) is 1. The van der Waals surface area contributed by atoms with Crippen molar-refractivity contribution in [2.45, 2.75) is 51.2 Å². The van der Waals surface area contributed by atoms with Crippen molar-refractivity contribution in [3.63, 3.8) is 0 Å². The number of aromatic nitrogens is 2. The Morgan fingerprint density at radius 3 is 2.50 bits per heavy atom. The third-order valence-electron chi connectivity index (χ3n) is 4.03. The molecule has 0 aromatic carbocycles. The maximum atomic E-state index is 5.96. The maximum Gasteiger partial charge on any atom is 0.0739 e. The van der Waals surface area contributed by atoms with Crippen LogP contribution in [0.4, 0.5) is 0 Å². The van der Waals surface area contributed by atoms with Crippen molar-refractivity contribution in [2.24, 2.45) is 12.8 Å². The Hall–Kier alpha value is -0.390. The van der Waals surface area contributed by atoms with E-state index in [1.807, 2.05) is 18.7 Å². The number of hydrogen-bond acceptors (Lipinski definition) is 3. The van der Waals surface area contributed by atoms with E-state index in [0.717, 1.165) is 29.6 Å². The summed E-state index contributed by atoms with van der Waals surface area (Å²) in [6.07, 6.45) is 4.74. The van der Waals surface area contributed by atoms with Crippen LogP contribution in [0.5, 0.6) is 0 Å². The van der Waals surface area contributed by atoms with Gasteiger partial charge in [-0.05, 0) is 55.6 Å². The molecule has 2 rings (SSSR count). The first-order valence-electron chi connectivity index (χ1n) is 6.62. The summed E-state index contributed by atoms with van der Waals surface area (Å²) in [6.45, 7) is 2.98. The van der Waals surface area contributed by atoms with E-state index in [1.54, 1.807) is 0 Å². The Balaban J connectivity index is 2.00. The fourth-order valence-corrected chi connectivity index (χ4v) is 3.22. The molecule has 1 aromatic rings. The van der Waals surface area contributed by atoms with Gasteiger partial charge in [0.25, 0.3) is 0 Å². The van der Waals surface area contributed by atoms with E-state index in [-0.39, 0.29) is 0 Å². The topological polar surface area (TPSA) is 47.1 Å². The van der Waals surface area contributed by atoms with Crippen LogP contribution >= 0.6 is 15.9 Å². The number of nitrogens with zero attached hydrogens (tertiary/aromatic N) is 3. The van der Waals surface area contributed by atoms with Gasteiger partial charge in [0.05, 0.1) is 15.9 Å². The summed E-state index contributed by atoms with van der Waals surface area (Å²) >= 11 is 3.63. The summed E-state index contributed by atoms with van der Waals surface area (Å²) in [4.78, 5) is 2.44. The summed E-state index contributed by atoms with van der Waals surface area (Å²) in [7, 11) is 4.22. The van der Waals surface area contributed by atoms with Crippen molar-refractivity contribution in [2.75, 3.05) is 7.05 Å². The molecule has 1 heterocycles. The predicted molar refractivity (Wildman–Crippen MR) is 77.3 cm³/mol. The zero-order valence-corrected chi connectivity index (χ0v) is 13.1. The maximum absolute atomic E-state index is 5.96. The Morgan fingerprint density at radius 1 is 1.39 bits per heavy atom. The second-order valence-electron chi connectivity index (χ2n) is 5.45. The Kier molecular flexibility index (Phi) is 4.45. The monoisotopic (exact) mass is 314 g/mol. The van der Waals surface area contributed by atoms with E-state index in [0.29, 0.717) is 12.1 Å². The first-order chi connectivity index (χ1) is 8.49. The molecule has 2 N–H and O–H groups in total. The summed E-state index contributed by atoms with van der Waals surface area (Å²) in [5, 5.41) is 4.44. The molecule has 1 saturated carbocycles. The largest absolute Gasteiger partial charge is 0.328 e. The van der Waals surface area contributed by atoms with Crippen molar-refractivity contribution >= 4 is 15.9 Å². The van der Waals surface area contributed by atoms with Gasteiger partial charge in [-0.1, -0.05) is 0 Å². The second-order valence-corrected chi connectivity index (χ2v) is 6.25. The fraction of sp³-hybridized carbons (Fsp3) is 0.769. The van der Waals surface area contributed by atoms with Gasteiger partial charge in [-0.3, -0.25) is 9.58 Å². The summed E-state index contributed by atoms with van der Waals surface area (Å²) in [5.74, 6) is 0. The van der Waals surface area contributed by atoms with Gasteiger partial charge < -0.3 is 5.73 Å². The lowest BCUT2D eigenvalue weighted by Gasteiger charge is -2.33. The van der Waals surface area contributed by atoms with E-state index in [1.165, 1.54) is 18.5 Å². The van der Waals surface area contributed by atoms with Gasteiger partial charge in [-0.15, -0.1) is 0 Å². The van der Waals surface area contributed by atoms with Crippen LogP contribution in [0, 0.1) is 6.92 Å². The van der Waals surface area contributed by atoms with Crippen LogP contribution in [0.1, 0.15) is 37.1 Å². The highest BCUT2D eigenvalue weighted by atomic mass is 79.9. The molecule has 1 aliphatic rings. The van der Waals surface area contributed by atoms with Gasteiger partial charge >= 0.3 is 0 Å². The van der Waals surface area contributed by atoms with Crippen molar-refractivity contribution in [3.05, 3.63) is 15.9 Å². The van der Waals surface area contributed by atoms with Gasteiger partial charge in [-0.2, -0.15) is 5.10 Å². The van der Waals surface area contributed by atoms with Crippen LogP contribution in [0.3, 0.4) is 0 Å². The van der Waals surface area contributed by atoms with Crippen LogP contribution in [0.2, 0.25) is 0 Å². The molecule has 0 unspecified atom stereocenters. The number of halogens is 1. The van der Waals surface area contributed by atoms with Gasteiger partial charge in [0.2, 0.25) is 0 Å². The van der Waals surface area contributed by atoms with E-state index in [9.17, 15) is 0 Å². The minimum Gasteiger partial charge on any atom is -0.328 e. The lowest BCUT2D eigenvalue weighted by molar-refractivity contribution is 0.172. The average molecular weight is 315 g/mol. The molecule has 0 bridgehead atoms. The molecule has 0 radical (unpaired) electrons. The molecule has 1 fully saturated rings. The van der Waals surface area contributed by atoms with Crippen LogP contribution in [-0.2, 0) is 13.6 Å². The summed E-state index contributed by atoms with van der Waals surface area (Å²) in [5.41, 5.74) is 8.28. The Bertz CT molecular complexity index is 407. The van der Waals surface area contributed by atoms with Gasteiger partial charge in [0.1, 0.15) is 0 Å². The second kappa shape index (κ2) is 5.72. The minimum atomic E-state index is 0.417. The predicted octanol–water partition coefficient (Wildman–Crippen LogP) is 2.19. The smallest absolute Gasteiger partial charge is 0.0739 e. The SMILES string of the molecule is Cc1nn(C)c(CN(C)C2CCC(N)CC2)c1Br. The zero-order valence-electron chi connectivity index (χ0n) is 11.5. The third-order valence-corrected chi connectivity index (χ3v) is 5.06. The molecular weight excluding hydrogens is 292 g/mol. The molecule has 0 aliphatic heterocycles. The molecule has 0 saturated heterocycles. The van der Waals surface area contributed by atoms with E-state index in [2.05, 4.69) is 33.0 Å². The molecule has 1 aliphatic carbocycles. The lowest BCUT2D eigenvalue weighted by atomic mass is 9.91. The minimum absolute atomic E-state index is 0.417. The van der Waals surface area contributed by atoms with E-state index < -0.39 is 0 Å². The normalized spacial score (nSPS) is 24.8. The first kappa shape index (κ1) is 14.0. The fourth-order valence-electron chi connectivity index (χ4n) is 2.76. The van der Waals surface area contributed by atoms with E-state index >= 15 is 0 Å². The molecule has 1 aromatic heterocycles. The van der Waals surface area contributed by atoms with Crippen molar-refractivity contribution in [1.82, 2.24) is 14.7 Å². The summed E-state index contributed by atoms with van der Waals surface area (Å²) < 4.78 is 3.12. The van der Waals surface area contributed by atoms with Crippen molar-refractivity contribution < 1.29 is 0 Å². The highest BCUT2D eigenvalue weighted by molar-refractivity contribution is 9.10. The highest BCUT2D eigenvalue weighted by Crippen LogP contribution is 2.25. The molecule has 0 amide bonds. The molecule has 102 valence electrons. The van der Waals surface area contributed by atoms with Crippen LogP contribution in [0.25, 0.3) is 0 Å². The number of aryl methyl sites for hydroxylation is 2. The molecule has 5 heteroatoms. The standard InChI is InChI=1S/C13H23BrN4/c1-9-13(14)12(18(3)16-9)8-17(2)11-6-4-10(15)5-7-11/h10-11H,4-8,15H2,1-3H3. The summed E-state index contributed by atoms with van der Waals surface area (Å²) in [6, 6.07) is 1.08. The molecule has 4 nitrogen and oxygen atoms in total. The Labute approximate surface area is 118 Å². The third kappa shape index (κ3) is 2.95. The zero-order chi connectivity index (χ0) is 13.3. The first-order valence-corrected chi connectivity index (χ1v) is 7.42. The van der Waals surface area contributed by atoms with Crippen LogP contribution < -0.4 is 5.73 Å². The quantitative estimate of drug-likeness (QED) is 0.930. The van der Waals surface area contributed by atoms with Gasteiger partial charge in [0, 0.05) is 25.7 Å². The van der Waals surface area contributed by atoms with Crippen LogP contribution in [-0.4, -0.2) is 33.8 Å². The van der Waals surface area contributed by atoms with Crippen molar-refractivity contribution in [1.29, 1.82) is 0 Å². The molecule has 0 atom stereocenters. The molecule has 18 heavy (non-hydrogen) atoms. The van der Waals surface area contributed by atoms with Crippen LogP contribution in [0.15, 0.2) is 4.47 Å². The van der Waals surface area contributed by atoms with Gasteiger partial charge in [-0.25, -0.2) is 0 Å². The lowest BCUT2D eigenvalue weighted by Crippen LogP contribution is -2.38. The molecular formula is C13H23BrN4. The average Bonchev–Trinajstić information content (AvgIpc) is 2.57. The number of rotatable bonds is 3. The highest BCUT2D eigenvalue weighted by Gasteiger charge is 2.23. The molecule has 0 spiro atoms.